The third-order valence-electron chi connectivity index (χ3n) is 1.93. The number of carbonyl (C=O) groups excluding carboxylic acids is 1. The highest BCUT2D eigenvalue weighted by Gasteiger charge is 2.09. The van der Waals surface area contributed by atoms with Gasteiger partial charge in [0.05, 0.1) is 12.3 Å². The maximum atomic E-state index is 11.4. The second-order valence-electron chi connectivity index (χ2n) is 3.12. The Morgan fingerprint density at radius 1 is 1.60 bits per heavy atom. The molecule has 0 spiro atoms. The number of aromatic nitrogens is 3. The number of hydrogen-bond donors (Lipinski definition) is 0. The Kier molecular flexibility index (Phi) is 2.37. The number of hydrogen-bond acceptors (Lipinski definition) is 4. The fourth-order valence-corrected chi connectivity index (χ4v) is 1.32. The van der Waals surface area contributed by atoms with Crippen molar-refractivity contribution in [1.82, 2.24) is 14.6 Å². The minimum Gasteiger partial charge on any atom is -0.461 e. The standard InChI is InChI=1S/C10H11N3O2/c1-3-15-10(14)8-4-5-13-9(11-8)6-7(2)12-13/h4-6H,3H2,1-2H3. The van der Waals surface area contributed by atoms with Crippen LogP contribution in [0, 0.1) is 6.92 Å². The zero-order valence-corrected chi connectivity index (χ0v) is 8.60. The van der Waals surface area contributed by atoms with Gasteiger partial charge in [0, 0.05) is 12.3 Å². The van der Waals surface area contributed by atoms with E-state index >= 15 is 0 Å². The molecule has 0 atom stereocenters. The first-order valence-electron chi connectivity index (χ1n) is 4.71. The molecule has 0 aromatic carbocycles. The lowest BCUT2D eigenvalue weighted by atomic mass is 10.4. The highest BCUT2D eigenvalue weighted by Crippen LogP contribution is 2.05. The van der Waals surface area contributed by atoms with Gasteiger partial charge in [0.2, 0.25) is 0 Å². The van der Waals surface area contributed by atoms with Crippen molar-refractivity contribution in [2.24, 2.45) is 0 Å². The smallest absolute Gasteiger partial charge is 0.357 e. The maximum absolute atomic E-state index is 11.4. The molecule has 2 heterocycles. The SMILES string of the molecule is CCOC(=O)c1ccn2nc(C)cc2n1. The molecule has 0 aliphatic heterocycles. The second-order valence-corrected chi connectivity index (χ2v) is 3.12. The number of fused-ring (bicyclic) bond motifs is 1. The van der Waals surface area contributed by atoms with Crippen LogP contribution < -0.4 is 0 Å². The molecule has 0 saturated carbocycles. The Balaban J connectivity index is 2.41. The van der Waals surface area contributed by atoms with E-state index in [0.29, 0.717) is 17.9 Å². The van der Waals surface area contributed by atoms with Gasteiger partial charge in [-0.25, -0.2) is 14.3 Å². The van der Waals surface area contributed by atoms with Gasteiger partial charge in [0.15, 0.2) is 11.3 Å². The number of rotatable bonds is 2. The Labute approximate surface area is 86.7 Å². The molecular weight excluding hydrogens is 194 g/mol. The van der Waals surface area contributed by atoms with E-state index in [4.69, 9.17) is 4.74 Å². The fourth-order valence-electron chi connectivity index (χ4n) is 1.32. The molecule has 5 nitrogen and oxygen atoms in total. The number of esters is 1. The zero-order valence-electron chi connectivity index (χ0n) is 8.60. The van der Waals surface area contributed by atoms with E-state index in [-0.39, 0.29) is 0 Å². The number of carbonyl (C=O) groups is 1. The molecule has 0 radical (unpaired) electrons. The topological polar surface area (TPSA) is 56.5 Å². The molecule has 78 valence electrons. The summed E-state index contributed by atoms with van der Waals surface area (Å²) in [6, 6.07) is 3.40. The first kappa shape index (κ1) is 9.64. The van der Waals surface area contributed by atoms with Crippen molar-refractivity contribution < 1.29 is 9.53 Å². The van der Waals surface area contributed by atoms with Gasteiger partial charge in [-0.1, -0.05) is 0 Å². The van der Waals surface area contributed by atoms with Crippen LogP contribution in [0.5, 0.6) is 0 Å². The van der Waals surface area contributed by atoms with Gasteiger partial charge in [-0.3, -0.25) is 0 Å². The second kappa shape index (κ2) is 3.68. The van der Waals surface area contributed by atoms with Crippen molar-refractivity contribution in [3.63, 3.8) is 0 Å². The van der Waals surface area contributed by atoms with Crippen LogP contribution in [0.2, 0.25) is 0 Å². The van der Waals surface area contributed by atoms with Gasteiger partial charge in [0.1, 0.15) is 0 Å². The molecule has 2 aromatic rings. The summed E-state index contributed by atoms with van der Waals surface area (Å²) in [5.41, 5.74) is 1.82. The van der Waals surface area contributed by atoms with Gasteiger partial charge in [0.25, 0.3) is 0 Å². The van der Waals surface area contributed by atoms with Gasteiger partial charge in [-0.2, -0.15) is 5.10 Å². The largest absolute Gasteiger partial charge is 0.461 e. The van der Waals surface area contributed by atoms with Crippen LogP contribution in [-0.2, 0) is 4.74 Å². The maximum Gasteiger partial charge on any atom is 0.357 e. The van der Waals surface area contributed by atoms with Crippen molar-refractivity contribution in [3.8, 4) is 0 Å². The summed E-state index contributed by atoms with van der Waals surface area (Å²) in [5, 5.41) is 4.16. The van der Waals surface area contributed by atoms with E-state index in [9.17, 15) is 4.79 Å². The average molecular weight is 205 g/mol. The molecule has 2 aromatic heterocycles. The third-order valence-corrected chi connectivity index (χ3v) is 1.93. The van der Waals surface area contributed by atoms with E-state index in [1.165, 1.54) is 0 Å². The summed E-state index contributed by atoms with van der Waals surface area (Å²) in [7, 11) is 0. The molecule has 15 heavy (non-hydrogen) atoms. The first-order chi connectivity index (χ1) is 7.20. The molecule has 0 bridgehead atoms. The molecule has 0 saturated heterocycles. The molecule has 0 aliphatic rings. The Bertz CT molecular complexity index is 504. The van der Waals surface area contributed by atoms with Crippen LogP contribution in [0.4, 0.5) is 0 Å². The summed E-state index contributed by atoms with van der Waals surface area (Å²) in [6.07, 6.45) is 1.70. The Morgan fingerprint density at radius 2 is 2.40 bits per heavy atom. The van der Waals surface area contributed by atoms with Crippen molar-refractivity contribution in [3.05, 3.63) is 29.7 Å². The van der Waals surface area contributed by atoms with Gasteiger partial charge in [-0.05, 0) is 19.9 Å². The van der Waals surface area contributed by atoms with E-state index in [2.05, 4.69) is 10.1 Å². The predicted molar refractivity (Wildman–Crippen MR) is 53.7 cm³/mol. The lowest BCUT2D eigenvalue weighted by Crippen LogP contribution is -2.07. The van der Waals surface area contributed by atoms with Crippen LogP contribution in [0.15, 0.2) is 18.3 Å². The van der Waals surface area contributed by atoms with E-state index in [0.717, 1.165) is 5.69 Å². The average Bonchev–Trinajstić information content (AvgIpc) is 2.57. The summed E-state index contributed by atoms with van der Waals surface area (Å²) in [5.74, 6) is -0.404. The van der Waals surface area contributed by atoms with Crippen LogP contribution in [-0.4, -0.2) is 27.2 Å². The van der Waals surface area contributed by atoms with E-state index in [1.807, 2.05) is 13.0 Å². The summed E-state index contributed by atoms with van der Waals surface area (Å²) >= 11 is 0. The molecule has 5 heteroatoms. The Hall–Kier alpha value is -1.91. The van der Waals surface area contributed by atoms with Crippen LogP contribution in [0.1, 0.15) is 23.1 Å². The normalized spacial score (nSPS) is 10.5. The monoisotopic (exact) mass is 205 g/mol. The quantitative estimate of drug-likeness (QED) is 0.691. The molecule has 0 aliphatic carbocycles. The zero-order chi connectivity index (χ0) is 10.8. The predicted octanol–water partition coefficient (Wildman–Crippen LogP) is 1.21. The summed E-state index contributed by atoms with van der Waals surface area (Å²) in [4.78, 5) is 15.5. The highest BCUT2D eigenvalue weighted by molar-refractivity contribution is 5.87. The molecule has 0 amide bonds. The summed E-state index contributed by atoms with van der Waals surface area (Å²) < 4.78 is 6.48. The lowest BCUT2D eigenvalue weighted by molar-refractivity contribution is 0.0519. The van der Waals surface area contributed by atoms with Crippen molar-refractivity contribution in [2.45, 2.75) is 13.8 Å². The summed E-state index contributed by atoms with van der Waals surface area (Å²) in [6.45, 7) is 3.99. The van der Waals surface area contributed by atoms with Crippen molar-refractivity contribution in [1.29, 1.82) is 0 Å². The molecular formula is C10H11N3O2. The Morgan fingerprint density at radius 3 is 3.13 bits per heavy atom. The minimum absolute atomic E-state index is 0.309. The van der Waals surface area contributed by atoms with Crippen LogP contribution in [0.25, 0.3) is 5.65 Å². The van der Waals surface area contributed by atoms with Gasteiger partial charge < -0.3 is 4.74 Å². The number of nitrogens with zero attached hydrogens (tertiary/aromatic N) is 3. The minimum atomic E-state index is -0.404. The van der Waals surface area contributed by atoms with Gasteiger partial charge >= 0.3 is 5.97 Å². The van der Waals surface area contributed by atoms with E-state index in [1.54, 1.807) is 23.7 Å². The molecule has 0 fully saturated rings. The van der Waals surface area contributed by atoms with Crippen LogP contribution >= 0.6 is 0 Å². The highest BCUT2D eigenvalue weighted by atomic mass is 16.5. The molecule has 0 N–H and O–H groups in total. The number of aryl methyl sites for hydroxylation is 1. The molecule has 0 unspecified atom stereocenters. The van der Waals surface area contributed by atoms with E-state index < -0.39 is 5.97 Å². The van der Waals surface area contributed by atoms with Gasteiger partial charge in [-0.15, -0.1) is 0 Å². The third kappa shape index (κ3) is 1.81. The lowest BCUT2D eigenvalue weighted by Gasteiger charge is -2.00. The number of ether oxygens (including phenoxy) is 1. The van der Waals surface area contributed by atoms with Crippen molar-refractivity contribution >= 4 is 11.6 Å². The first-order valence-corrected chi connectivity index (χ1v) is 4.71. The van der Waals surface area contributed by atoms with Crippen LogP contribution in [0.3, 0.4) is 0 Å². The molecule has 2 rings (SSSR count). The van der Waals surface area contributed by atoms with Crippen molar-refractivity contribution in [2.75, 3.05) is 6.61 Å². The fraction of sp³-hybridized carbons (Fsp3) is 0.300.